The first-order chi connectivity index (χ1) is 15.8. The number of amides is 1. The Morgan fingerprint density at radius 2 is 2.03 bits per heavy atom. The maximum atomic E-state index is 13.5. The second-order valence-corrected chi connectivity index (χ2v) is 10.4. The zero-order valence-corrected chi connectivity index (χ0v) is 20.4. The van der Waals surface area contributed by atoms with Gasteiger partial charge in [0.1, 0.15) is 10.7 Å². The lowest BCUT2D eigenvalue weighted by atomic mass is 9.96. The van der Waals surface area contributed by atoms with Crippen LogP contribution in [0.25, 0.3) is 0 Å². The minimum atomic E-state index is -3.93. The zero-order chi connectivity index (χ0) is 24.0. The van der Waals surface area contributed by atoms with E-state index in [1.807, 2.05) is 11.8 Å². The monoisotopic (exact) mass is 482 g/mol. The number of carbonyl (C=O) groups is 2. The minimum Gasteiger partial charge on any atom is -0.465 e. The van der Waals surface area contributed by atoms with E-state index in [2.05, 4.69) is 17.2 Å². The third-order valence-electron chi connectivity index (χ3n) is 6.04. The van der Waals surface area contributed by atoms with Crippen molar-refractivity contribution >= 4 is 27.7 Å². The number of anilines is 1. The van der Waals surface area contributed by atoms with Gasteiger partial charge in [0.25, 0.3) is 0 Å². The second-order valence-electron chi connectivity index (χ2n) is 8.54. The number of morpholine rings is 1. The quantitative estimate of drug-likeness (QED) is 0.553. The summed E-state index contributed by atoms with van der Waals surface area (Å²) in [5.41, 5.74) is 0.0628. The molecule has 3 rings (SSSR count). The number of piperidine rings is 1. The van der Waals surface area contributed by atoms with Crippen LogP contribution in [0, 0.1) is 5.92 Å². The highest BCUT2D eigenvalue weighted by Gasteiger charge is 2.34. The van der Waals surface area contributed by atoms with E-state index in [4.69, 9.17) is 9.47 Å². The zero-order valence-electron chi connectivity index (χ0n) is 19.6. The summed E-state index contributed by atoms with van der Waals surface area (Å²) < 4.78 is 38.4. The Labute approximate surface area is 195 Å². The van der Waals surface area contributed by atoms with E-state index in [0.29, 0.717) is 26.3 Å². The standard InChI is InChI=1S/C22H34N4O6S/c1-4-6-16(2)24-21(27)17-7-5-8-25(15-17)20-19(13-18(14-23-20)22(28)31-3)33(29,30)26-9-11-32-12-10-26/h13-14,16-17H,4-12,15H2,1-3H3,(H,24,27). The molecule has 0 aliphatic carbocycles. The molecular formula is C22H34N4O6S. The predicted octanol–water partition coefficient (Wildman–Crippen LogP) is 1.41. The maximum absolute atomic E-state index is 13.5. The number of nitrogens with one attached hydrogen (secondary N) is 1. The molecule has 33 heavy (non-hydrogen) atoms. The van der Waals surface area contributed by atoms with Gasteiger partial charge in [0.2, 0.25) is 15.9 Å². The molecule has 11 heteroatoms. The van der Waals surface area contributed by atoms with Crippen LogP contribution in [0.4, 0.5) is 5.82 Å². The number of methoxy groups -OCH3 is 1. The predicted molar refractivity (Wildman–Crippen MR) is 123 cm³/mol. The molecule has 0 saturated carbocycles. The van der Waals surface area contributed by atoms with Crippen molar-refractivity contribution in [2.45, 2.75) is 50.5 Å². The lowest BCUT2D eigenvalue weighted by molar-refractivity contribution is -0.125. The number of sulfonamides is 1. The van der Waals surface area contributed by atoms with E-state index in [0.717, 1.165) is 25.7 Å². The number of rotatable bonds is 8. The number of ether oxygens (including phenoxy) is 2. The Morgan fingerprint density at radius 1 is 1.30 bits per heavy atom. The van der Waals surface area contributed by atoms with Gasteiger partial charge in [-0.05, 0) is 32.3 Å². The van der Waals surface area contributed by atoms with E-state index >= 15 is 0 Å². The summed E-state index contributed by atoms with van der Waals surface area (Å²) in [4.78, 5) is 31.1. The molecule has 2 saturated heterocycles. The van der Waals surface area contributed by atoms with Crippen molar-refractivity contribution in [1.29, 1.82) is 0 Å². The summed E-state index contributed by atoms with van der Waals surface area (Å²) in [6, 6.07) is 1.42. The molecule has 2 fully saturated rings. The Kier molecular flexibility index (Phi) is 8.66. The van der Waals surface area contributed by atoms with Crippen LogP contribution in [0.5, 0.6) is 0 Å². The molecule has 1 N–H and O–H groups in total. The van der Waals surface area contributed by atoms with Crippen LogP contribution >= 0.6 is 0 Å². The molecule has 2 aliphatic heterocycles. The third-order valence-corrected chi connectivity index (χ3v) is 7.95. The number of hydrogen-bond acceptors (Lipinski definition) is 8. The van der Waals surface area contributed by atoms with E-state index in [-0.39, 0.29) is 47.2 Å². The minimum absolute atomic E-state index is 0.0237. The highest BCUT2D eigenvalue weighted by atomic mass is 32.2. The summed E-state index contributed by atoms with van der Waals surface area (Å²) in [7, 11) is -2.69. The first kappa shape index (κ1) is 25.4. The molecule has 2 aliphatic rings. The fraction of sp³-hybridized carbons (Fsp3) is 0.682. The maximum Gasteiger partial charge on any atom is 0.339 e. The SMILES string of the molecule is CCCC(C)NC(=O)C1CCCN(c2ncc(C(=O)OC)cc2S(=O)(=O)N2CCOCC2)C1. The van der Waals surface area contributed by atoms with Gasteiger partial charge in [0.05, 0.1) is 31.8 Å². The van der Waals surface area contributed by atoms with Gasteiger partial charge in [-0.25, -0.2) is 18.2 Å². The van der Waals surface area contributed by atoms with Crippen molar-refractivity contribution in [2.75, 3.05) is 51.4 Å². The number of aromatic nitrogens is 1. The molecule has 2 unspecified atom stereocenters. The van der Waals surface area contributed by atoms with Crippen molar-refractivity contribution in [2.24, 2.45) is 5.92 Å². The first-order valence-electron chi connectivity index (χ1n) is 11.5. The average molecular weight is 483 g/mol. The van der Waals surface area contributed by atoms with Crippen LogP contribution in [-0.2, 0) is 24.3 Å². The van der Waals surface area contributed by atoms with Gasteiger partial charge >= 0.3 is 5.97 Å². The first-order valence-corrected chi connectivity index (χ1v) is 12.9. The van der Waals surface area contributed by atoms with E-state index in [9.17, 15) is 18.0 Å². The van der Waals surface area contributed by atoms with Gasteiger partial charge in [0, 0.05) is 38.4 Å². The molecular weight excluding hydrogens is 448 g/mol. The largest absolute Gasteiger partial charge is 0.465 e. The molecule has 0 bridgehead atoms. The lowest BCUT2D eigenvalue weighted by Gasteiger charge is -2.35. The number of pyridine rings is 1. The number of nitrogens with zero attached hydrogens (tertiary/aromatic N) is 3. The summed E-state index contributed by atoms with van der Waals surface area (Å²) in [5, 5.41) is 3.06. The summed E-state index contributed by atoms with van der Waals surface area (Å²) in [5.74, 6) is -0.690. The Morgan fingerprint density at radius 3 is 2.70 bits per heavy atom. The van der Waals surface area contributed by atoms with Crippen LogP contribution in [-0.4, -0.2) is 82.1 Å². The van der Waals surface area contributed by atoms with Gasteiger partial charge in [-0.2, -0.15) is 4.31 Å². The van der Waals surface area contributed by atoms with Crippen LogP contribution in [0.3, 0.4) is 0 Å². The molecule has 1 aromatic heterocycles. The fourth-order valence-corrected chi connectivity index (χ4v) is 5.87. The van der Waals surface area contributed by atoms with Gasteiger partial charge in [-0.15, -0.1) is 0 Å². The summed E-state index contributed by atoms with van der Waals surface area (Å²) in [6.07, 6.45) is 4.68. The molecule has 0 aromatic carbocycles. The number of esters is 1. The highest BCUT2D eigenvalue weighted by Crippen LogP contribution is 2.31. The fourth-order valence-electron chi connectivity index (χ4n) is 4.27. The lowest BCUT2D eigenvalue weighted by Crippen LogP contribution is -2.46. The van der Waals surface area contributed by atoms with Gasteiger partial charge in [-0.3, -0.25) is 4.79 Å². The molecule has 0 radical (unpaired) electrons. The van der Waals surface area contributed by atoms with Crippen LogP contribution in [0.2, 0.25) is 0 Å². The smallest absolute Gasteiger partial charge is 0.339 e. The van der Waals surface area contributed by atoms with Gasteiger partial charge < -0.3 is 19.7 Å². The molecule has 10 nitrogen and oxygen atoms in total. The van der Waals surface area contributed by atoms with Crippen molar-refractivity contribution in [3.8, 4) is 0 Å². The average Bonchev–Trinajstić information content (AvgIpc) is 2.84. The molecule has 2 atom stereocenters. The van der Waals surface area contributed by atoms with Gasteiger partial charge in [-0.1, -0.05) is 13.3 Å². The van der Waals surface area contributed by atoms with E-state index in [1.165, 1.54) is 23.7 Å². The highest BCUT2D eigenvalue weighted by molar-refractivity contribution is 7.89. The molecule has 1 aromatic rings. The topological polar surface area (TPSA) is 118 Å². The Bertz CT molecular complexity index is 948. The van der Waals surface area contributed by atoms with Crippen molar-refractivity contribution in [3.05, 3.63) is 17.8 Å². The van der Waals surface area contributed by atoms with E-state index < -0.39 is 16.0 Å². The third kappa shape index (κ3) is 6.01. The van der Waals surface area contributed by atoms with Crippen molar-refractivity contribution in [1.82, 2.24) is 14.6 Å². The van der Waals surface area contributed by atoms with Crippen LogP contribution in [0.1, 0.15) is 49.9 Å². The molecule has 1 amide bonds. The second kappa shape index (κ2) is 11.3. The summed E-state index contributed by atoms with van der Waals surface area (Å²) in [6.45, 7) is 6.06. The normalized spacial score (nSPS) is 20.8. The van der Waals surface area contributed by atoms with E-state index in [1.54, 1.807) is 0 Å². The van der Waals surface area contributed by atoms with Crippen LogP contribution < -0.4 is 10.2 Å². The van der Waals surface area contributed by atoms with Crippen LogP contribution in [0.15, 0.2) is 17.2 Å². The number of hydrogen-bond donors (Lipinski definition) is 1. The Balaban J connectivity index is 1.91. The summed E-state index contributed by atoms with van der Waals surface area (Å²) >= 11 is 0. The Hall–Kier alpha value is -2.24. The molecule has 3 heterocycles. The number of carbonyl (C=O) groups excluding carboxylic acids is 2. The van der Waals surface area contributed by atoms with Gasteiger partial charge in [0.15, 0.2) is 0 Å². The van der Waals surface area contributed by atoms with Crippen molar-refractivity contribution in [3.63, 3.8) is 0 Å². The van der Waals surface area contributed by atoms with Crippen molar-refractivity contribution < 1.29 is 27.5 Å². The molecule has 184 valence electrons. The molecule has 0 spiro atoms.